The topological polar surface area (TPSA) is 80.9 Å². The summed E-state index contributed by atoms with van der Waals surface area (Å²) in [6.45, 7) is 0. The van der Waals surface area contributed by atoms with E-state index in [9.17, 15) is 4.79 Å². The van der Waals surface area contributed by atoms with E-state index in [2.05, 4.69) is 15.0 Å². The lowest BCUT2D eigenvalue weighted by atomic mass is 10.1. The molecule has 0 fully saturated rings. The first-order valence-corrected chi connectivity index (χ1v) is 6.09. The van der Waals surface area contributed by atoms with E-state index in [4.69, 9.17) is 5.11 Å². The monoisotopic (exact) mass is 268 g/mol. The number of nitrogens with zero attached hydrogens (tertiary/aromatic N) is 4. The predicted molar refractivity (Wildman–Crippen MR) is 73.1 cm³/mol. The number of hydrogen-bond donors (Lipinski definition) is 1. The smallest absolute Gasteiger partial charge is 0.307 e. The Bertz CT molecular complexity index is 780. The van der Waals surface area contributed by atoms with Gasteiger partial charge in [0.05, 0.1) is 17.5 Å². The Morgan fingerprint density at radius 1 is 1.30 bits per heavy atom. The summed E-state index contributed by atoms with van der Waals surface area (Å²) in [5.41, 5.74) is 2.76. The van der Waals surface area contributed by atoms with Crippen LogP contribution in [0.3, 0.4) is 0 Å². The molecule has 0 spiro atoms. The van der Waals surface area contributed by atoms with E-state index in [0.29, 0.717) is 22.6 Å². The maximum Gasteiger partial charge on any atom is 0.307 e. The van der Waals surface area contributed by atoms with Crippen molar-refractivity contribution in [3.05, 3.63) is 42.5 Å². The van der Waals surface area contributed by atoms with Crippen LogP contribution in [0.25, 0.3) is 22.4 Å². The lowest BCUT2D eigenvalue weighted by molar-refractivity contribution is -0.136. The first-order chi connectivity index (χ1) is 9.66. The summed E-state index contributed by atoms with van der Waals surface area (Å²) < 4.78 is 1.81. The van der Waals surface area contributed by atoms with Gasteiger partial charge >= 0.3 is 5.97 Å². The van der Waals surface area contributed by atoms with E-state index < -0.39 is 5.97 Å². The molecular weight excluding hydrogens is 256 g/mol. The second-order valence-electron chi connectivity index (χ2n) is 4.47. The van der Waals surface area contributed by atoms with Crippen molar-refractivity contribution >= 4 is 17.0 Å². The molecule has 0 saturated carbocycles. The van der Waals surface area contributed by atoms with Gasteiger partial charge in [-0.3, -0.25) is 9.78 Å². The number of carboxylic acid groups (broad SMARTS) is 1. The van der Waals surface area contributed by atoms with Gasteiger partial charge in [-0.15, -0.1) is 0 Å². The van der Waals surface area contributed by atoms with Crippen molar-refractivity contribution in [1.29, 1.82) is 0 Å². The van der Waals surface area contributed by atoms with Crippen molar-refractivity contribution < 1.29 is 9.90 Å². The van der Waals surface area contributed by atoms with Gasteiger partial charge in [-0.2, -0.15) is 0 Å². The number of fused-ring (bicyclic) bond motifs is 1. The van der Waals surface area contributed by atoms with Crippen molar-refractivity contribution in [2.45, 2.75) is 6.42 Å². The molecule has 0 aliphatic carbocycles. The molecule has 6 heteroatoms. The van der Waals surface area contributed by atoms with Crippen LogP contribution in [-0.2, 0) is 18.3 Å². The summed E-state index contributed by atoms with van der Waals surface area (Å²) in [5, 5.41) is 9.78. The van der Waals surface area contributed by atoms with Crippen LogP contribution in [0.5, 0.6) is 0 Å². The van der Waals surface area contributed by atoms with Crippen LogP contribution in [0.2, 0.25) is 0 Å². The molecule has 0 aromatic carbocycles. The molecule has 3 rings (SSSR count). The molecule has 0 bridgehead atoms. The molecule has 0 unspecified atom stereocenters. The maximum absolute atomic E-state index is 11.0. The Hall–Kier alpha value is -2.76. The fourth-order valence-corrected chi connectivity index (χ4v) is 2.29. The number of carboxylic acids is 1. The van der Waals surface area contributed by atoms with E-state index in [1.807, 2.05) is 29.8 Å². The van der Waals surface area contributed by atoms with Crippen LogP contribution in [0, 0.1) is 0 Å². The molecule has 20 heavy (non-hydrogen) atoms. The lowest BCUT2D eigenvalue weighted by Gasteiger charge is -2.03. The Kier molecular flexibility index (Phi) is 2.90. The molecule has 0 amide bonds. The summed E-state index contributed by atoms with van der Waals surface area (Å²) in [7, 11) is 1.84. The Balaban J connectivity index is 2.30. The number of pyridine rings is 1. The maximum atomic E-state index is 11.0. The molecule has 0 saturated heterocycles. The summed E-state index contributed by atoms with van der Waals surface area (Å²) in [6.07, 6.45) is 4.87. The number of rotatable bonds is 3. The van der Waals surface area contributed by atoms with E-state index in [1.165, 1.54) is 6.33 Å². The van der Waals surface area contributed by atoms with Gasteiger partial charge in [-0.1, -0.05) is 6.07 Å². The minimum absolute atomic E-state index is 0.0649. The van der Waals surface area contributed by atoms with Crippen LogP contribution in [0.1, 0.15) is 5.56 Å². The van der Waals surface area contributed by atoms with Crippen molar-refractivity contribution in [2.75, 3.05) is 0 Å². The standard InChI is InChI=1S/C14H12N4O2/c1-18-7-9(6-11(19)20)12-13(16-8-17-14(12)18)10-4-2-3-5-15-10/h2-5,7-8H,6H2,1H3,(H,19,20). The zero-order chi connectivity index (χ0) is 14.1. The number of carbonyl (C=O) groups is 1. The zero-order valence-electron chi connectivity index (χ0n) is 10.8. The second-order valence-corrected chi connectivity index (χ2v) is 4.47. The molecule has 0 radical (unpaired) electrons. The SMILES string of the molecule is Cn1cc(CC(=O)O)c2c(-c3ccccn3)ncnc21. The van der Waals surface area contributed by atoms with E-state index in [-0.39, 0.29) is 6.42 Å². The van der Waals surface area contributed by atoms with Crippen LogP contribution < -0.4 is 0 Å². The highest BCUT2D eigenvalue weighted by atomic mass is 16.4. The molecule has 0 aliphatic heterocycles. The van der Waals surface area contributed by atoms with Gasteiger partial charge in [0.15, 0.2) is 0 Å². The Morgan fingerprint density at radius 2 is 2.15 bits per heavy atom. The van der Waals surface area contributed by atoms with E-state index >= 15 is 0 Å². The first kappa shape index (κ1) is 12.3. The van der Waals surface area contributed by atoms with Crippen LogP contribution >= 0.6 is 0 Å². The third kappa shape index (κ3) is 2.01. The molecule has 3 heterocycles. The van der Waals surface area contributed by atoms with Gasteiger partial charge in [-0.25, -0.2) is 9.97 Å². The molecule has 1 N–H and O–H groups in total. The second kappa shape index (κ2) is 4.73. The number of aromatic nitrogens is 4. The third-order valence-corrected chi connectivity index (χ3v) is 3.08. The molecule has 0 atom stereocenters. The first-order valence-electron chi connectivity index (χ1n) is 6.09. The zero-order valence-corrected chi connectivity index (χ0v) is 10.8. The fraction of sp³-hybridized carbons (Fsp3) is 0.143. The average Bonchev–Trinajstić information content (AvgIpc) is 2.76. The summed E-state index contributed by atoms with van der Waals surface area (Å²) in [5.74, 6) is -0.881. The van der Waals surface area contributed by atoms with Gasteiger partial charge in [0.25, 0.3) is 0 Å². The highest BCUT2D eigenvalue weighted by molar-refractivity contribution is 5.94. The molecule has 100 valence electrons. The summed E-state index contributed by atoms with van der Waals surface area (Å²) in [4.78, 5) is 23.8. The Morgan fingerprint density at radius 3 is 2.85 bits per heavy atom. The number of aliphatic carboxylic acids is 1. The van der Waals surface area contributed by atoms with Gasteiger partial charge < -0.3 is 9.67 Å². The van der Waals surface area contributed by atoms with E-state index in [1.54, 1.807) is 12.4 Å². The van der Waals surface area contributed by atoms with Crippen LogP contribution in [-0.4, -0.2) is 30.6 Å². The lowest BCUT2D eigenvalue weighted by Crippen LogP contribution is -2.00. The van der Waals surface area contributed by atoms with Crippen molar-refractivity contribution in [3.8, 4) is 11.4 Å². The van der Waals surface area contributed by atoms with Crippen molar-refractivity contribution in [3.63, 3.8) is 0 Å². The molecule has 0 aliphatic rings. The highest BCUT2D eigenvalue weighted by Crippen LogP contribution is 2.28. The molecule has 6 nitrogen and oxygen atoms in total. The quantitative estimate of drug-likeness (QED) is 0.781. The minimum atomic E-state index is -0.881. The molecule has 3 aromatic heterocycles. The summed E-state index contributed by atoms with van der Waals surface area (Å²) in [6, 6.07) is 5.54. The van der Waals surface area contributed by atoms with Gasteiger partial charge in [0.1, 0.15) is 17.7 Å². The predicted octanol–water partition coefficient (Wildman–Crippen LogP) is 1.66. The number of hydrogen-bond acceptors (Lipinski definition) is 4. The van der Waals surface area contributed by atoms with Crippen LogP contribution in [0.4, 0.5) is 0 Å². The van der Waals surface area contributed by atoms with Gasteiger partial charge in [-0.05, 0) is 17.7 Å². The highest BCUT2D eigenvalue weighted by Gasteiger charge is 2.16. The summed E-state index contributed by atoms with van der Waals surface area (Å²) >= 11 is 0. The largest absolute Gasteiger partial charge is 0.481 e. The number of aryl methyl sites for hydroxylation is 1. The fourth-order valence-electron chi connectivity index (χ4n) is 2.29. The average molecular weight is 268 g/mol. The Labute approximate surface area is 114 Å². The van der Waals surface area contributed by atoms with Gasteiger partial charge in [0.2, 0.25) is 0 Å². The molecular formula is C14H12N4O2. The third-order valence-electron chi connectivity index (χ3n) is 3.08. The normalized spacial score (nSPS) is 10.8. The van der Waals surface area contributed by atoms with Crippen molar-refractivity contribution in [2.24, 2.45) is 7.05 Å². The molecule has 3 aromatic rings. The minimum Gasteiger partial charge on any atom is -0.481 e. The van der Waals surface area contributed by atoms with Crippen LogP contribution in [0.15, 0.2) is 36.9 Å². The van der Waals surface area contributed by atoms with Gasteiger partial charge in [0, 0.05) is 19.4 Å². The van der Waals surface area contributed by atoms with Crippen molar-refractivity contribution in [1.82, 2.24) is 19.5 Å². The van der Waals surface area contributed by atoms with E-state index in [0.717, 1.165) is 5.39 Å².